The molecule has 11 nitrogen and oxygen atoms in total. The van der Waals surface area contributed by atoms with Crippen LogP contribution in [-0.2, 0) is 30.4 Å². The molecular formula is C24H26N2O9S. The van der Waals surface area contributed by atoms with Crippen molar-refractivity contribution in [2.45, 2.75) is 42.5 Å². The molecule has 36 heavy (non-hydrogen) atoms. The first kappa shape index (κ1) is 25.9. The van der Waals surface area contributed by atoms with Crippen molar-refractivity contribution in [3.05, 3.63) is 98.8 Å². The minimum Gasteiger partial charge on any atom is -0.393 e. The number of aromatic nitrogens is 2. The van der Waals surface area contributed by atoms with E-state index in [0.717, 1.165) is 28.0 Å². The van der Waals surface area contributed by atoms with Crippen molar-refractivity contribution >= 4 is 10.1 Å². The average Bonchev–Trinajstić information content (AvgIpc) is 3.14. The molecule has 0 amide bonds. The number of aryl methyl sites for hydroxylation is 1. The van der Waals surface area contributed by atoms with E-state index in [2.05, 4.69) is 4.98 Å². The van der Waals surface area contributed by atoms with Crippen LogP contribution in [0.5, 0.6) is 0 Å². The third-order valence-electron chi connectivity index (χ3n) is 5.91. The van der Waals surface area contributed by atoms with Crippen LogP contribution in [0.2, 0.25) is 0 Å². The topological polar surface area (TPSA) is 157 Å². The zero-order valence-electron chi connectivity index (χ0n) is 19.3. The maximum Gasteiger partial charge on any atom is 0.330 e. The Labute approximate surface area is 206 Å². The van der Waals surface area contributed by atoms with Crippen LogP contribution < -0.4 is 11.2 Å². The number of H-pyrrole nitrogens is 1. The van der Waals surface area contributed by atoms with Gasteiger partial charge in [-0.2, -0.15) is 8.42 Å². The van der Waals surface area contributed by atoms with Crippen LogP contribution in [-0.4, -0.2) is 59.2 Å². The van der Waals surface area contributed by atoms with Crippen LogP contribution in [0.4, 0.5) is 0 Å². The number of aliphatic hydroxyl groups excluding tert-OH is 2. The summed E-state index contributed by atoms with van der Waals surface area (Å²) in [5.74, 6) is 0. The van der Waals surface area contributed by atoms with Crippen LogP contribution in [0.1, 0.15) is 17.4 Å². The van der Waals surface area contributed by atoms with Gasteiger partial charge in [0.25, 0.3) is 15.7 Å². The van der Waals surface area contributed by atoms with Crippen molar-refractivity contribution in [3.8, 4) is 0 Å². The summed E-state index contributed by atoms with van der Waals surface area (Å²) in [5, 5.41) is 21.4. The molecule has 0 bridgehead atoms. The van der Waals surface area contributed by atoms with E-state index in [1.54, 1.807) is 43.3 Å². The minimum absolute atomic E-state index is 0.00830. The summed E-state index contributed by atoms with van der Waals surface area (Å²) in [6, 6.07) is 16.0. The lowest BCUT2D eigenvalue weighted by Crippen LogP contribution is -2.51. The maximum atomic E-state index is 12.8. The number of nitrogens with one attached hydrogen (secondary N) is 1. The molecule has 4 atom stereocenters. The fourth-order valence-corrected chi connectivity index (χ4v) is 4.90. The van der Waals surface area contributed by atoms with Gasteiger partial charge in [-0.05, 0) is 24.6 Å². The summed E-state index contributed by atoms with van der Waals surface area (Å²) in [4.78, 5) is 25.8. The van der Waals surface area contributed by atoms with Gasteiger partial charge in [0.15, 0.2) is 6.23 Å². The average molecular weight is 519 g/mol. The number of ether oxygens (including phenoxy) is 2. The van der Waals surface area contributed by atoms with Crippen LogP contribution in [0.3, 0.4) is 0 Å². The molecule has 1 aliphatic rings. The zero-order valence-corrected chi connectivity index (χ0v) is 20.1. The largest absolute Gasteiger partial charge is 0.393 e. The Hall–Kier alpha value is -3.13. The van der Waals surface area contributed by atoms with E-state index in [9.17, 15) is 28.2 Å². The first-order valence-corrected chi connectivity index (χ1v) is 12.5. The maximum absolute atomic E-state index is 12.8. The van der Waals surface area contributed by atoms with E-state index < -0.39 is 58.6 Å². The van der Waals surface area contributed by atoms with Crippen LogP contribution in [0.15, 0.2) is 81.3 Å². The van der Waals surface area contributed by atoms with E-state index in [1.807, 2.05) is 6.07 Å². The quantitative estimate of drug-likeness (QED) is 0.342. The van der Waals surface area contributed by atoms with Crippen molar-refractivity contribution in [2.24, 2.45) is 0 Å². The molecule has 12 heteroatoms. The highest BCUT2D eigenvalue weighted by atomic mass is 32.2. The molecule has 2 aromatic carbocycles. The molecule has 2 unspecified atom stereocenters. The zero-order chi connectivity index (χ0) is 25.9. The summed E-state index contributed by atoms with van der Waals surface area (Å²) < 4.78 is 43.6. The lowest BCUT2D eigenvalue weighted by atomic mass is 9.96. The Morgan fingerprint density at radius 3 is 2.42 bits per heavy atom. The van der Waals surface area contributed by atoms with Crippen LogP contribution in [0.25, 0.3) is 0 Å². The number of rotatable bonds is 9. The molecule has 1 aromatic heterocycles. The van der Waals surface area contributed by atoms with Gasteiger partial charge < -0.3 is 19.7 Å². The van der Waals surface area contributed by atoms with Crippen molar-refractivity contribution < 1.29 is 32.3 Å². The van der Waals surface area contributed by atoms with Crippen LogP contribution in [0, 0.1) is 6.92 Å². The Balaban J connectivity index is 1.65. The summed E-state index contributed by atoms with van der Waals surface area (Å²) in [7, 11) is -4.26. The number of hydrogen-bond donors (Lipinski definition) is 3. The van der Waals surface area contributed by atoms with Gasteiger partial charge in [-0.25, -0.2) is 4.79 Å². The highest BCUT2D eigenvalue weighted by Crippen LogP contribution is 2.39. The Bertz CT molecular complexity index is 1400. The fourth-order valence-electron chi connectivity index (χ4n) is 3.94. The normalized spacial score (nSPS) is 24.1. The molecular weight excluding hydrogens is 492 g/mol. The van der Waals surface area contributed by atoms with E-state index >= 15 is 0 Å². The number of aromatic amines is 1. The summed E-state index contributed by atoms with van der Waals surface area (Å²) in [6.07, 6.45) is -3.12. The van der Waals surface area contributed by atoms with E-state index in [1.165, 1.54) is 12.1 Å². The summed E-state index contributed by atoms with van der Waals surface area (Å²) >= 11 is 0. The van der Waals surface area contributed by atoms with Gasteiger partial charge in [-0.15, -0.1) is 0 Å². The molecule has 0 spiro atoms. The smallest absolute Gasteiger partial charge is 0.330 e. The Kier molecular flexibility index (Phi) is 7.54. The lowest BCUT2D eigenvalue weighted by Gasteiger charge is -2.32. The molecule has 3 aromatic rings. The molecule has 1 aliphatic heterocycles. The monoisotopic (exact) mass is 518 g/mol. The third-order valence-corrected chi connectivity index (χ3v) is 7.19. The highest BCUT2D eigenvalue weighted by Gasteiger charge is 2.57. The predicted octanol–water partition coefficient (Wildman–Crippen LogP) is 0.457. The van der Waals surface area contributed by atoms with Crippen molar-refractivity contribution in [3.63, 3.8) is 0 Å². The third kappa shape index (κ3) is 5.33. The first-order chi connectivity index (χ1) is 17.1. The van der Waals surface area contributed by atoms with Crippen LogP contribution >= 0.6 is 0 Å². The SMILES string of the molecule is Cc1ccc(S(=O)(=O)OC[C@@]2(CO)O[C@H](n3ccc(=O)[nH]c3=O)C(O)C2OCc2ccccc2)cc1. The van der Waals surface area contributed by atoms with Gasteiger partial charge in [-0.1, -0.05) is 48.0 Å². The number of hydrogen-bond acceptors (Lipinski definition) is 9. The molecule has 192 valence electrons. The van der Waals surface area contributed by atoms with Gasteiger partial charge >= 0.3 is 5.69 Å². The van der Waals surface area contributed by atoms with Crippen molar-refractivity contribution in [1.82, 2.24) is 9.55 Å². The van der Waals surface area contributed by atoms with E-state index in [0.29, 0.717) is 0 Å². The standard InChI is InChI=1S/C24H26N2O9S/c1-16-7-9-18(10-8-16)36(31,32)34-15-24(14-27)21(33-13-17-5-3-2-4-6-17)20(29)22(35-24)26-12-11-19(28)25-23(26)30/h2-12,20-22,27,29H,13-15H2,1H3,(H,25,28,30)/t20?,21?,22-,24+/m0/s1. The molecule has 1 fully saturated rings. The molecule has 3 N–H and O–H groups in total. The van der Waals surface area contributed by atoms with Gasteiger partial charge in [0.2, 0.25) is 0 Å². The second-order valence-electron chi connectivity index (χ2n) is 8.49. The Morgan fingerprint density at radius 2 is 1.78 bits per heavy atom. The van der Waals surface area contributed by atoms with Gasteiger partial charge in [0, 0.05) is 12.3 Å². The van der Waals surface area contributed by atoms with Gasteiger partial charge in [0.1, 0.15) is 24.4 Å². The van der Waals surface area contributed by atoms with E-state index in [4.69, 9.17) is 13.7 Å². The first-order valence-electron chi connectivity index (χ1n) is 11.0. The minimum atomic E-state index is -4.26. The fraction of sp³-hybridized carbons (Fsp3) is 0.333. The lowest BCUT2D eigenvalue weighted by molar-refractivity contribution is -0.159. The van der Waals surface area contributed by atoms with Gasteiger partial charge in [-0.3, -0.25) is 18.5 Å². The molecule has 0 radical (unpaired) electrons. The molecule has 0 saturated carbocycles. The summed E-state index contributed by atoms with van der Waals surface area (Å²) in [5.41, 5.74) is -1.79. The predicted molar refractivity (Wildman–Crippen MR) is 127 cm³/mol. The highest BCUT2D eigenvalue weighted by molar-refractivity contribution is 7.86. The molecule has 4 rings (SSSR count). The number of aliphatic hydroxyl groups is 2. The Morgan fingerprint density at radius 1 is 1.08 bits per heavy atom. The number of nitrogens with zero attached hydrogens (tertiary/aromatic N) is 1. The molecule has 2 heterocycles. The van der Waals surface area contributed by atoms with Crippen molar-refractivity contribution in [1.29, 1.82) is 0 Å². The number of benzene rings is 2. The molecule has 0 aliphatic carbocycles. The van der Waals surface area contributed by atoms with Gasteiger partial charge in [0.05, 0.1) is 18.1 Å². The summed E-state index contributed by atoms with van der Waals surface area (Å²) in [6.45, 7) is 0.275. The second-order valence-corrected chi connectivity index (χ2v) is 10.1. The molecule has 1 saturated heterocycles. The second kappa shape index (κ2) is 10.5. The van der Waals surface area contributed by atoms with E-state index in [-0.39, 0.29) is 11.5 Å². The van der Waals surface area contributed by atoms with Crippen molar-refractivity contribution in [2.75, 3.05) is 13.2 Å².